The Kier molecular flexibility index (Phi) is 7.91. The third-order valence-electron chi connectivity index (χ3n) is 4.24. The van der Waals surface area contributed by atoms with Gasteiger partial charge in [-0.3, -0.25) is 0 Å². The van der Waals surface area contributed by atoms with Crippen LogP contribution in [0.25, 0.3) is 0 Å². The molecule has 4 nitrogen and oxygen atoms in total. The molecule has 0 heterocycles. The Hall–Kier alpha value is -0.160. The highest BCUT2D eigenvalue weighted by Gasteiger charge is 2.31. The Labute approximate surface area is 117 Å². The first-order valence-electron chi connectivity index (χ1n) is 7.47. The molecule has 0 radical (unpaired) electrons. The molecule has 1 rings (SSSR count). The molecular formula is C15H30O4. The molecule has 0 aromatic rings. The molecule has 4 atom stereocenters. The second kappa shape index (κ2) is 8.90. The Balaban J connectivity index is 2.28. The Morgan fingerprint density at radius 2 is 1.95 bits per heavy atom. The fraction of sp³-hybridized carbons (Fsp3) is 1.00. The van der Waals surface area contributed by atoms with Crippen molar-refractivity contribution in [2.75, 3.05) is 26.9 Å². The van der Waals surface area contributed by atoms with Gasteiger partial charge in [-0.15, -0.1) is 0 Å². The lowest BCUT2D eigenvalue weighted by Gasteiger charge is -2.36. The summed E-state index contributed by atoms with van der Waals surface area (Å²) < 4.78 is 10.2. The van der Waals surface area contributed by atoms with E-state index >= 15 is 0 Å². The van der Waals surface area contributed by atoms with Crippen LogP contribution in [0.5, 0.6) is 0 Å². The van der Waals surface area contributed by atoms with E-state index in [0.717, 1.165) is 19.3 Å². The monoisotopic (exact) mass is 274 g/mol. The number of ether oxygens (including phenoxy) is 2. The van der Waals surface area contributed by atoms with Crippen LogP contribution in [0, 0.1) is 17.8 Å². The summed E-state index contributed by atoms with van der Waals surface area (Å²) in [5, 5.41) is 20.0. The highest BCUT2D eigenvalue weighted by molar-refractivity contribution is 4.82. The summed E-state index contributed by atoms with van der Waals surface area (Å²) >= 11 is 0. The minimum atomic E-state index is -0.484. The smallest absolute Gasteiger partial charge is 0.0777 e. The summed E-state index contributed by atoms with van der Waals surface area (Å²) in [5.41, 5.74) is 0. The maximum Gasteiger partial charge on any atom is 0.0777 e. The third kappa shape index (κ3) is 6.21. The molecule has 4 heteroatoms. The summed E-state index contributed by atoms with van der Waals surface area (Å²) in [7, 11) is 1.63. The van der Waals surface area contributed by atoms with Crippen molar-refractivity contribution in [2.24, 2.45) is 17.8 Å². The molecular weight excluding hydrogens is 244 g/mol. The van der Waals surface area contributed by atoms with Crippen molar-refractivity contribution in [3.63, 3.8) is 0 Å². The van der Waals surface area contributed by atoms with Crippen LogP contribution in [-0.2, 0) is 9.47 Å². The van der Waals surface area contributed by atoms with E-state index in [2.05, 4.69) is 13.8 Å². The molecule has 0 amide bonds. The van der Waals surface area contributed by atoms with Gasteiger partial charge in [-0.2, -0.15) is 0 Å². The van der Waals surface area contributed by atoms with Gasteiger partial charge in [0.1, 0.15) is 0 Å². The minimum absolute atomic E-state index is 0.210. The summed E-state index contributed by atoms with van der Waals surface area (Å²) in [6.45, 7) is 5.87. The van der Waals surface area contributed by atoms with Crippen molar-refractivity contribution in [1.82, 2.24) is 0 Å². The van der Waals surface area contributed by atoms with Gasteiger partial charge in [0.25, 0.3) is 0 Å². The number of hydrogen-bond donors (Lipinski definition) is 2. The molecule has 1 aliphatic carbocycles. The first-order chi connectivity index (χ1) is 9.04. The first kappa shape index (κ1) is 16.9. The van der Waals surface area contributed by atoms with Crippen molar-refractivity contribution in [1.29, 1.82) is 0 Å². The highest BCUT2D eigenvalue weighted by Crippen LogP contribution is 2.36. The Morgan fingerprint density at radius 3 is 2.58 bits per heavy atom. The fourth-order valence-electron chi connectivity index (χ4n) is 2.92. The summed E-state index contributed by atoms with van der Waals surface area (Å²) in [4.78, 5) is 0. The van der Waals surface area contributed by atoms with Crippen LogP contribution < -0.4 is 0 Å². The van der Waals surface area contributed by atoms with Gasteiger partial charge in [-0.05, 0) is 43.4 Å². The van der Waals surface area contributed by atoms with Gasteiger partial charge in [-0.1, -0.05) is 13.8 Å². The molecule has 0 aliphatic heterocycles. The van der Waals surface area contributed by atoms with Crippen molar-refractivity contribution in [3.05, 3.63) is 0 Å². The average molecular weight is 274 g/mol. The van der Waals surface area contributed by atoms with E-state index in [1.54, 1.807) is 7.11 Å². The van der Waals surface area contributed by atoms with E-state index in [0.29, 0.717) is 38.1 Å². The van der Waals surface area contributed by atoms with Crippen molar-refractivity contribution < 1.29 is 19.7 Å². The normalized spacial score (nSPS) is 29.7. The zero-order chi connectivity index (χ0) is 14.3. The van der Waals surface area contributed by atoms with E-state index < -0.39 is 6.10 Å². The van der Waals surface area contributed by atoms with E-state index in [4.69, 9.17) is 9.47 Å². The zero-order valence-electron chi connectivity index (χ0n) is 12.5. The molecule has 0 saturated heterocycles. The second-order valence-electron chi connectivity index (χ2n) is 6.10. The summed E-state index contributed by atoms with van der Waals surface area (Å²) in [5.74, 6) is 1.54. The van der Waals surface area contributed by atoms with Crippen LogP contribution in [0.3, 0.4) is 0 Å². The molecule has 1 aliphatic rings. The van der Waals surface area contributed by atoms with Gasteiger partial charge >= 0.3 is 0 Å². The minimum Gasteiger partial charge on any atom is -0.393 e. The summed E-state index contributed by atoms with van der Waals surface area (Å²) in [6.07, 6.45) is 2.89. The third-order valence-corrected chi connectivity index (χ3v) is 4.24. The predicted molar refractivity (Wildman–Crippen MR) is 75.0 cm³/mol. The largest absolute Gasteiger partial charge is 0.393 e. The van der Waals surface area contributed by atoms with E-state index in [1.165, 1.54) is 0 Å². The number of rotatable bonds is 8. The SMILES string of the molecule is COCCOCC(O)CC1CC(C(C)C)CCC1O. The molecule has 114 valence electrons. The molecule has 0 aromatic carbocycles. The average Bonchev–Trinajstić information content (AvgIpc) is 2.37. The maximum atomic E-state index is 10.1. The Bertz CT molecular complexity index is 232. The van der Waals surface area contributed by atoms with Crippen LogP contribution >= 0.6 is 0 Å². The highest BCUT2D eigenvalue weighted by atomic mass is 16.5. The molecule has 1 fully saturated rings. The molecule has 0 aromatic heterocycles. The standard InChI is InChI=1S/C15H30O4/c1-11(2)12-4-5-15(17)13(8-12)9-14(16)10-19-7-6-18-3/h11-17H,4-10H2,1-3H3. The molecule has 19 heavy (non-hydrogen) atoms. The van der Waals surface area contributed by atoms with E-state index in [9.17, 15) is 10.2 Å². The second-order valence-corrected chi connectivity index (χ2v) is 6.10. The lowest BCUT2D eigenvalue weighted by atomic mass is 9.73. The quantitative estimate of drug-likeness (QED) is 0.663. The molecule has 1 saturated carbocycles. The van der Waals surface area contributed by atoms with Crippen LogP contribution in [-0.4, -0.2) is 49.4 Å². The number of methoxy groups -OCH3 is 1. The first-order valence-corrected chi connectivity index (χ1v) is 7.47. The van der Waals surface area contributed by atoms with Crippen molar-refractivity contribution in [2.45, 2.75) is 51.7 Å². The molecule has 0 spiro atoms. The van der Waals surface area contributed by atoms with Crippen molar-refractivity contribution in [3.8, 4) is 0 Å². The molecule has 0 bridgehead atoms. The summed E-state index contributed by atoms with van der Waals surface area (Å²) in [6, 6.07) is 0. The predicted octanol–water partition coefficient (Wildman–Crippen LogP) is 1.83. The zero-order valence-corrected chi connectivity index (χ0v) is 12.5. The lowest BCUT2D eigenvalue weighted by molar-refractivity contribution is -0.0256. The molecule has 2 N–H and O–H groups in total. The van der Waals surface area contributed by atoms with Crippen LogP contribution in [0.1, 0.15) is 39.5 Å². The molecule has 4 unspecified atom stereocenters. The van der Waals surface area contributed by atoms with Gasteiger partial charge in [0.15, 0.2) is 0 Å². The maximum absolute atomic E-state index is 10.1. The van der Waals surface area contributed by atoms with E-state index in [-0.39, 0.29) is 12.0 Å². The van der Waals surface area contributed by atoms with Crippen LogP contribution in [0.15, 0.2) is 0 Å². The van der Waals surface area contributed by atoms with E-state index in [1.807, 2.05) is 0 Å². The van der Waals surface area contributed by atoms with Crippen LogP contribution in [0.2, 0.25) is 0 Å². The fourth-order valence-corrected chi connectivity index (χ4v) is 2.92. The lowest BCUT2D eigenvalue weighted by Crippen LogP contribution is -2.34. The topological polar surface area (TPSA) is 58.9 Å². The number of aliphatic hydroxyl groups is 2. The van der Waals surface area contributed by atoms with Gasteiger partial charge in [-0.25, -0.2) is 0 Å². The number of aliphatic hydroxyl groups excluding tert-OH is 2. The van der Waals surface area contributed by atoms with Gasteiger partial charge in [0.05, 0.1) is 32.0 Å². The number of hydrogen-bond acceptors (Lipinski definition) is 4. The van der Waals surface area contributed by atoms with Gasteiger partial charge < -0.3 is 19.7 Å². The Morgan fingerprint density at radius 1 is 1.21 bits per heavy atom. The van der Waals surface area contributed by atoms with Crippen LogP contribution in [0.4, 0.5) is 0 Å². The van der Waals surface area contributed by atoms with Crippen molar-refractivity contribution >= 4 is 0 Å². The van der Waals surface area contributed by atoms with Gasteiger partial charge in [0.2, 0.25) is 0 Å². The van der Waals surface area contributed by atoms with Gasteiger partial charge in [0, 0.05) is 7.11 Å².